The zero-order chi connectivity index (χ0) is 24.3. The second-order valence-corrected chi connectivity index (χ2v) is 9.06. The van der Waals surface area contributed by atoms with E-state index in [0.717, 1.165) is 11.3 Å². The van der Waals surface area contributed by atoms with Gasteiger partial charge in [0.2, 0.25) is 11.8 Å². The third-order valence-electron chi connectivity index (χ3n) is 4.45. The van der Waals surface area contributed by atoms with Crippen LogP contribution < -0.4 is 15.6 Å². The van der Waals surface area contributed by atoms with Gasteiger partial charge in [0.05, 0.1) is 25.0 Å². The number of nitrogens with zero attached hydrogens (tertiary/aromatic N) is 2. The molecule has 2 amide bonds. The van der Waals surface area contributed by atoms with Gasteiger partial charge in [0, 0.05) is 11.3 Å². The van der Waals surface area contributed by atoms with Crippen molar-refractivity contribution in [3.05, 3.63) is 77.5 Å². The summed E-state index contributed by atoms with van der Waals surface area (Å²) in [7, 11) is 1.57. The van der Waals surface area contributed by atoms with Crippen molar-refractivity contribution in [2.75, 3.05) is 18.6 Å². The largest absolute Gasteiger partial charge is 0.497 e. The molecular weight excluding hydrogens is 472 g/mol. The first-order chi connectivity index (χ1) is 16.4. The number of methoxy groups -OCH3 is 1. The summed E-state index contributed by atoms with van der Waals surface area (Å²) in [6.07, 6.45) is 0.176. The molecule has 0 aliphatic rings. The summed E-state index contributed by atoms with van der Waals surface area (Å²) in [6, 6.07) is 17.9. The van der Waals surface area contributed by atoms with Gasteiger partial charge in [-0.2, -0.15) is 0 Å². The van der Waals surface area contributed by atoms with Crippen LogP contribution in [0.2, 0.25) is 0 Å². The first kappa shape index (κ1) is 25.3. The third-order valence-corrected chi connectivity index (χ3v) is 6.21. The molecule has 8 nitrogen and oxygen atoms in total. The number of hydrogen-bond acceptors (Lipinski definition) is 8. The lowest BCUT2D eigenvalue weighted by atomic mass is 10.1. The van der Waals surface area contributed by atoms with Crippen LogP contribution in [0.1, 0.15) is 21.6 Å². The highest BCUT2D eigenvalue weighted by Crippen LogP contribution is 2.22. The number of carbonyl (C=O) groups excluding carboxylic acids is 3. The fourth-order valence-corrected chi connectivity index (χ4v) is 4.39. The molecule has 0 aliphatic carbocycles. The molecule has 1 heterocycles. The molecule has 3 rings (SSSR count). The Labute approximate surface area is 206 Å². The van der Waals surface area contributed by atoms with Gasteiger partial charge in [0.25, 0.3) is 0 Å². The minimum absolute atomic E-state index is 0.0439. The molecule has 0 radical (unpaired) electrons. The topological polar surface area (TPSA) is 110 Å². The van der Waals surface area contributed by atoms with E-state index in [1.165, 1.54) is 23.5 Å². The Balaban J connectivity index is 1.46. The quantitative estimate of drug-likeness (QED) is 0.145. The Morgan fingerprint density at radius 3 is 2.29 bits per heavy atom. The predicted molar refractivity (Wildman–Crippen MR) is 132 cm³/mol. The number of aromatic nitrogens is 2. The van der Waals surface area contributed by atoms with Gasteiger partial charge in [0.1, 0.15) is 10.8 Å². The fraction of sp³-hybridized carbons (Fsp3) is 0.208. The smallest absolute Gasteiger partial charge is 0.248 e. The number of rotatable bonds is 10. The monoisotopic (exact) mass is 496 g/mol. The molecule has 0 atom stereocenters. The number of benzene rings is 2. The van der Waals surface area contributed by atoms with Crippen LogP contribution in [0.3, 0.4) is 0 Å². The maximum Gasteiger partial charge on any atom is 0.248 e. The summed E-state index contributed by atoms with van der Waals surface area (Å²) in [5.41, 5.74) is 6.99. The summed E-state index contributed by atoms with van der Waals surface area (Å²) in [6.45, 7) is 1.82. The highest BCUT2D eigenvalue weighted by Gasteiger charge is 2.12. The zero-order valence-electron chi connectivity index (χ0n) is 18.7. The second kappa shape index (κ2) is 12.8. The SMILES string of the molecule is COc1ccc(C(=O)CSc2nc(C)cc(SCC(=O)NNC(=O)Cc3ccccc3)n2)cc1. The Kier molecular flexibility index (Phi) is 9.48. The van der Waals surface area contributed by atoms with Crippen LogP contribution in [-0.2, 0) is 16.0 Å². The van der Waals surface area contributed by atoms with E-state index in [0.29, 0.717) is 21.5 Å². The van der Waals surface area contributed by atoms with Crippen LogP contribution in [0.25, 0.3) is 0 Å². The molecule has 0 saturated carbocycles. The minimum atomic E-state index is -0.355. The molecule has 10 heteroatoms. The van der Waals surface area contributed by atoms with Crippen LogP contribution in [-0.4, -0.2) is 46.2 Å². The molecule has 0 fully saturated rings. The maximum absolute atomic E-state index is 12.4. The molecule has 0 saturated heterocycles. The molecule has 34 heavy (non-hydrogen) atoms. The maximum atomic E-state index is 12.4. The van der Waals surface area contributed by atoms with Gasteiger partial charge in [-0.3, -0.25) is 25.2 Å². The number of Topliss-reactive ketones (excluding diaryl/α,β-unsaturated/α-hetero) is 1. The Hall–Kier alpha value is -3.37. The van der Waals surface area contributed by atoms with E-state index in [1.54, 1.807) is 37.4 Å². The van der Waals surface area contributed by atoms with Crippen molar-refractivity contribution in [2.45, 2.75) is 23.5 Å². The molecule has 176 valence electrons. The lowest BCUT2D eigenvalue weighted by Crippen LogP contribution is -2.43. The van der Waals surface area contributed by atoms with E-state index in [-0.39, 0.29) is 35.5 Å². The van der Waals surface area contributed by atoms with Crippen molar-refractivity contribution in [2.24, 2.45) is 0 Å². The molecule has 3 aromatic rings. The van der Waals surface area contributed by atoms with Crippen molar-refractivity contribution in [3.8, 4) is 5.75 Å². The molecule has 0 aliphatic heterocycles. The summed E-state index contributed by atoms with van der Waals surface area (Å²) in [5.74, 6) is 0.240. The van der Waals surface area contributed by atoms with E-state index >= 15 is 0 Å². The first-order valence-electron chi connectivity index (χ1n) is 10.3. The Morgan fingerprint density at radius 1 is 0.882 bits per heavy atom. The van der Waals surface area contributed by atoms with Crippen molar-refractivity contribution in [3.63, 3.8) is 0 Å². The van der Waals surface area contributed by atoms with E-state index < -0.39 is 0 Å². The zero-order valence-corrected chi connectivity index (χ0v) is 20.4. The summed E-state index contributed by atoms with van der Waals surface area (Å²) in [4.78, 5) is 45.3. The van der Waals surface area contributed by atoms with Gasteiger partial charge in [-0.1, -0.05) is 53.9 Å². The van der Waals surface area contributed by atoms with Crippen LogP contribution in [0.15, 0.2) is 70.8 Å². The number of ether oxygens (including phenoxy) is 1. The van der Waals surface area contributed by atoms with Gasteiger partial charge in [-0.15, -0.1) is 0 Å². The highest BCUT2D eigenvalue weighted by atomic mass is 32.2. The molecule has 2 N–H and O–H groups in total. The molecule has 0 unspecified atom stereocenters. The highest BCUT2D eigenvalue weighted by molar-refractivity contribution is 8.00. The summed E-state index contributed by atoms with van der Waals surface area (Å²) < 4.78 is 5.11. The van der Waals surface area contributed by atoms with Crippen LogP contribution in [0, 0.1) is 6.92 Å². The van der Waals surface area contributed by atoms with Gasteiger partial charge < -0.3 is 4.74 Å². The molecule has 0 spiro atoms. The number of aryl methyl sites for hydroxylation is 1. The van der Waals surface area contributed by atoms with Gasteiger partial charge in [-0.05, 0) is 42.8 Å². The lowest BCUT2D eigenvalue weighted by molar-refractivity contribution is -0.127. The van der Waals surface area contributed by atoms with Gasteiger partial charge in [-0.25, -0.2) is 9.97 Å². The average Bonchev–Trinajstić information content (AvgIpc) is 2.85. The van der Waals surface area contributed by atoms with Gasteiger partial charge in [0.15, 0.2) is 10.9 Å². The van der Waals surface area contributed by atoms with E-state index in [1.807, 2.05) is 37.3 Å². The normalized spacial score (nSPS) is 10.4. The number of nitrogens with one attached hydrogen (secondary N) is 2. The van der Waals surface area contributed by atoms with Crippen molar-refractivity contribution >= 4 is 41.1 Å². The van der Waals surface area contributed by atoms with Crippen LogP contribution >= 0.6 is 23.5 Å². The number of amides is 2. The average molecular weight is 497 g/mol. The number of ketones is 1. The predicted octanol–water partition coefficient (Wildman–Crippen LogP) is 3.25. The van der Waals surface area contributed by atoms with Crippen LogP contribution in [0.5, 0.6) is 5.75 Å². The standard InChI is InChI=1S/C24H24N4O4S2/c1-16-12-23(33-15-22(31)28-27-21(30)13-17-6-4-3-5-7-17)26-24(25-16)34-14-20(29)18-8-10-19(32-2)11-9-18/h3-12H,13-15H2,1-2H3,(H,27,30)(H,28,31). The number of hydrazine groups is 1. The van der Waals surface area contributed by atoms with E-state index in [2.05, 4.69) is 20.8 Å². The number of thioether (sulfide) groups is 2. The second-order valence-electron chi connectivity index (χ2n) is 7.12. The van der Waals surface area contributed by atoms with Crippen molar-refractivity contribution < 1.29 is 19.1 Å². The number of hydrogen-bond donors (Lipinski definition) is 2. The summed E-state index contributed by atoms with van der Waals surface area (Å²) >= 11 is 2.46. The minimum Gasteiger partial charge on any atom is -0.497 e. The Morgan fingerprint density at radius 2 is 1.59 bits per heavy atom. The van der Waals surface area contributed by atoms with E-state index in [4.69, 9.17) is 4.74 Å². The number of carbonyl (C=O) groups is 3. The molecule has 2 aromatic carbocycles. The lowest BCUT2D eigenvalue weighted by Gasteiger charge is -2.08. The summed E-state index contributed by atoms with van der Waals surface area (Å²) in [5, 5.41) is 1.07. The van der Waals surface area contributed by atoms with Gasteiger partial charge >= 0.3 is 0 Å². The fourth-order valence-electron chi connectivity index (χ4n) is 2.78. The van der Waals surface area contributed by atoms with Crippen molar-refractivity contribution in [1.29, 1.82) is 0 Å². The third kappa shape index (κ3) is 8.20. The molecular formula is C24H24N4O4S2. The molecule has 0 bridgehead atoms. The van der Waals surface area contributed by atoms with Crippen molar-refractivity contribution in [1.82, 2.24) is 20.8 Å². The van der Waals surface area contributed by atoms with Crippen LogP contribution in [0.4, 0.5) is 0 Å². The molecule has 1 aromatic heterocycles. The van der Waals surface area contributed by atoms with E-state index in [9.17, 15) is 14.4 Å². The first-order valence-corrected chi connectivity index (χ1v) is 12.3. The Bertz CT molecular complexity index is 1140.